The molecule has 0 aromatic heterocycles. The summed E-state index contributed by atoms with van der Waals surface area (Å²) in [6.45, 7) is 0. The predicted molar refractivity (Wildman–Crippen MR) is 52.8 cm³/mol. The Balaban J connectivity index is 1.90. The van der Waals surface area contributed by atoms with Gasteiger partial charge < -0.3 is 0 Å². The monoisotopic (exact) mass is 170 g/mol. The Morgan fingerprint density at radius 3 is 1.92 bits per heavy atom. The zero-order valence-electron chi connectivity index (χ0n) is 7.74. The standard InChI is InChI=1S/C13H14/c1-2-4-11-10(3-1)12-8-5-6-9(7-8)13(11)12/h1-4,8-9,12-13H,5-7H2. The van der Waals surface area contributed by atoms with Crippen molar-refractivity contribution in [3.05, 3.63) is 35.4 Å². The second kappa shape index (κ2) is 2.00. The maximum absolute atomic E-state index is 2.36. The molecule has 4 unspecified atom stereocenters. The Morgan fingerprint density at radius 2 is 1.38 bits per heavy atom. The first kappa shape index (κ1) is 6.64. The lowest BCUT2D eigenvalue weighted by Gasteiger charge is -2.42. The van der Waals surface area contributed by atoms with Crippen LogP contribution in [0.25, 0.3) is 0 Å². The molecule has 0 heteroatoms. The Labute approximate surface area is 79.0 Å². The molecule has 2 fully saturated rings. The number of hydrogen-bond donors (Lipinski definition) is 0. The molecule has 0 radical (unpaired) electrons. The van der Waals surface area contributed by atoms with Gasteiger partial charge in [0.2, 0.25) is 0 Å². The van der Waals surface area contributed by atoms with Crippen molar-refractivity contribution < 1.29 is 0 Å². The summed E-state index contributed by atoms with van der Waals surface area (Å²) in [5.41, 5.74) is 3.39. The van der Waals surface area contributed by atoms with Gasteiger partial charge in [0, 0.05) is 0 Å². The van der Waals surface area contributed by atoms with Crippen LogP contribution in [0.5, 0.6) is 0 Å². The molecule has 0 amide bonds. The first-order valence-electron chi connectivity index (χ1n) is 5.54. The van der Waals surface area contributed by atoms with E-state index in [0.29, 0.717) is 0 Å². The van der Waals surface area contributed by atoms with E-state index in [9.17, 15) is 0 Å². The van der Waals surface area contributed by atoms with Crippen molar-refractivity contribution in [2.75, 3.05) is 0 Å². The number of fused-ring (bicyclic) bond motifs is 8. The average molecular weight is 170 g/mol. The number of benzene rings is 1. The van der Waals surface area contributed by atoms with Crippen molar-refractivity contribution >= 4 is 0 Å². The topological polar surface area (TPSA) is 0 Å². The van der Waals surface area contributed by atoms with Gasteiger partial charge in [-0.2, -0.15) is 0 Å². The van der Waals surface area contributed by atoms with Crippen LogP contribution in [0.2, 0.25) is 0 Å². The largest absolute Gasteiger partial charge is 0.0620 e. The third-order valence-electron chi connectivity index (χ3n) is 4.63. The van der Waals surface area contributed by atoms with E-state index in [4.69, 9.17) is 0 Å². The van der Waals surface area contributed by atoms with E-state index in [-0.39, 0.29) is 0 Å². The summed E-state index contributed by atoms with van der Waals surface area (Å²) in [6.07, 6.45) is 4.56. The summed E-state index contributed by atoms with van der Waals surface area (Å²) < 4.78 is 0. The predicted octanol–water partition coefficient (Wildman–Crippen LogP) is 3.30. The molecule has 3 aliphatic rings. The molecule has 0 spiro atoms. The highest BCUT2D eigenvalue weighted by molar-refractivity contribution is 5.48. The van der Waals surface area contributed by atoms with Crippen LogP contribution in [0, 0.1) is 11.8 Å². The lowest BCUT2D eigenvalue weighted by Crippen LogP contribution is -2.29. The second-order valence-corrected chi connectivity index (χ2v) is 5.01. The van der Waals surface area contributed by atoms with Gasteiger partial charge in [0.05, 0.1) is 0 Å². The van der Waals surface area contributed by atoms with Crippen molar-refractivity contribution in [3.8, 4) is 0 Å². The molecular weight excluding hydrogens is 156 g/mol. The highest BCUT2D eigenvalue weighted by atomic mass is 14.6. The average Bonchev–Trinajstić information content (AvgIpc) is 2.68. The lowest BCUT2D eigenvalue weighted by atomic mass is 9.61. The summed E-state index contributed by atoms with van der Waals surface area (Å²) in [7, 11) is 0. The molecule has 1 aromatic carbocycles. The molecular formula is C13H14. The lowest BCUT2D eigenvalue weighted by molar-refractivity contribution is 0.323. The Bertz CT molecular complexity index is 331. The fraction of sp³-hybridized carbons (Fsp3) is 0.538. The molecule has 0 heterocycles. The van der Waals surface area contributed by atoms with Gasteiger partial charge in [0.25, 0.3) is 0 Å². The van der Waals surface area contributed by atoms with Crippen LogP contribution in [0.15, 0.2) is 24.3 Å². The maximum atomic E-state index is 2.36. The molecule has 13 heavy (non-hydrogen) atoms. The van der Waals surface area contributed by atoms with E-state index >= 15 is 0 Å². The third kappa shape index (κ3) is 0.620. The smallest absolute Gasteiger partial charge is 0.00590 e. The quantitative estimate of drug-likeness (QED) is 0.560. The van der Waals surface area contributed by atoms with Gasteiger partial charge in [0.1, 0.15) is 0 Å². The summed E-state index contributed by atoms with van der Waals surface area (Å²) in [6, 6.07) is 9.14. The van der Waals surface area contributed by atoms with Gasteiger partial charge in [-0.3, -0.25) is 0 Å². The second-order valence-electron chi connectivity index (χ2n) is 5.01. The van der Waals surface area contributed by atoms with Gasteiger partial charge in [-0.25, -0.2) is 0 Å². The zero-order valence-corrected chi connectivity index (χ0v) is 7.74. The van der Waals surface area contributed by atoms with Crippen molar-refractivity contribution in [2.24, 2.45) is 11.8 Å². The van der Waals surface area contributed by atoms with Gasteiger partial charge in [0.15, 0.2) is 0 Å². The van der Waals surface area contributed by atoms with Gasteiger partial charge in [-0.05, 0) is 54.1 Å². The summed E-state index contributed by atoms with van der Waals surface area (Å²) in [4.78, 5) is 0. The maximum Gasteiger partial charge on any atom is -0.00590 e. The SMILES string of the molecule is c1ccc2c(c1)C1C3CCC(C3)C21. The zero-order chi connectivity index (χ0) is 8.41. The Kier molecular flexibility index (Phi) is 1.02. The van der Waals surface area contributed by atoms with Crippen molar-refractivity contribution in [2.45, 2.75) is 31.1 Å². The summed E-state index contributed by atoms with van der Waals surface area (Å²) in [5, 5.41) is 0. The first-order valence-corrected chi connectivity index (χ1v) is 5.54. The molecule has 1 aromatic rings. The van der Waals surface area contributed by atoms with Crippen LogP contribution in [0.1, 0.15) is 42.2 Å². The molecule has 0 saturated heterocycles. The highest BCUT2D eigenvalue weighted by Gasteiger charge is 2.54. The molecule has 0 N–H and O–H groups in total. The van der Waals surface area contributed by atoms with E-state index in [0.717, 1.165) is 23.7 Å². The molecule has 2 bridgehead atoms. The molecule has 4 atom stereocenters. The molecule has 4 rings (SSSR count). The van der Waals surface area contributed by atoms with Crippen molar-refractivity contribution in [1.29, 1.82) is 0 Å². The van der Waals surface area contributed by atoms with Crippen LogP contribution in [0.3, 0.4) is 0 Å². The fourth-order valence-electron chi connectivity index (χ4n) is 4.21. The normalized spacial score (nSPS) is 44.0. The van der Waals surface area contributed by atoms with Crippen molar-refractivity contribution in [3.63, 3.8) is 0 Å². The Morgan fingerprint density at radius 1 is 0.846 bits per heavy atom. The van der Waals surface area contributed by atoms with E-state index in [2.05, 4.69) is 24.3 Å². The van der Waals surface area contributed by atoms with Gasteiger partial charge >= 0.3 is 0 Å². The number of hydrogen-bond acceptors (Lipinski definition) is 0. The highest BCUT2D eigenvalue weighted by Crippen LogP contribution is 2.67. The van der Waals surface area contributed by atoms with Crippen LogP contribution in [-0.2, 0) is 0 Å². The van der Waals surface area contributed by atoms with E-state index < -0.39 is 0 Å². The van der Waals surface area contributed by atoms with E-state index in [1.165, 1.54) is 19.3 Å². The van der Waals surface area contributed by atoms with Crippen LogP contribution in [-0.4, -0.2) is 0 Å². The first-order chi connectivity index (χ1) is 6.45. The van der Waals surface area contributed by atoms with E-state index in [1.54, 1.807) is 11.1 Å². The Hall–Kier alpha value is -0.780. The molecule has 3 aliphatic carbocycles. The minimum absolute atomic E-state index is 0.981. The van der Waals surface area contributed by atoms with Crippen LogP contribution >= 0.6 is 0 Å². The molecule has 2 saturated carbocycles. The van der Waals surface area contributed by atoms with Gasteiger partial charge in [-0.1, -0.05) is 24.3 Å². The van der Waals surface area contributed by atoms with Gasteiger partial charge in [-0.15, -0.1) is 0 Å². The minimum atomic E-state index is 0.981. The molecule has 0 nitrogen and oxygen atoms in total. The van der Waals surface area contributed by atoms with E-state index in [1.807, 2.05) is 0 Å². The molecule has 0 aliphatic heterocycles. The fourth-order valence-corrected chi connectivity index (χ4v) is 4.21. The summed E-state index contributed by atoms with van der Waals surface area (Å²) >= 11 is 0. The number of rotatable bonds is 0. The molecule has 66 valence electrons. The van der Waals surface area contributed by atoms with Crippen molar-refractivity contribution in [1.82, 2.24) is 0 Å². The minimum Gasteiger partial charge on any atom is -0.0620 e. The van der Waals surface area contributed by atoms with Crippen LogP contribution < -0.4 is 0 Å². The summed E-state index contributed by atoms with van der Waals surface area (Å²) in [5.74, 6) is 4.08. The van der Waals surface area contributed by atoms with Crippen LogP contribution in [0.4, 0.5) is 0 Å². The third-order valence-corrected chi connectivity index (χ3v) is 4.63.